The Morgan fingerprint density at radius 2 is 1.63 bits per heavy atom. The van der Waals surface area contributed by atoms with Crippen LogP contribution in [0.2, 0.25) is 0 Å². The van der Waals surface area contributed by atoms with E-state index >= 15 is 0 Å². The van der Waals surface area contributed by atoms with Gasteiger partial charge < -0.3 is 34.1 Å². The fourth-order valence-electron chi connectivity index (χ4n) is 3.95. The molecule has 0 aliphatic carbocycles. The molecule has 1 atom stereocenters. The van der Waals surface area contributed by atoms with Crippen molar-refractivity contribution >= 4 is 33.5 Å². The third-order valence-electron chi connectivity index (χ3n) is 5.76. The normalized spacial score (nSPS) is 11.6. The van der Waals surface area contributed by atoms with E-state index < -0.39 is 18.0 Å². The van der Waals surface area contributed by atoms with E-state index in [1.165, 1.54) is 33.3 Å². The van der Waals surface area contributed by atoms with E-state index in [1.54, 1.807) is 54.6 Å². The van der Waals surface area contributed by atoms with Gasteiger partial charge in [0.15, 0.2) is 11.5 Å². The lowest BCUT2D eigenvalue weighted by atomic mass is 9.97. The summed E-state index contributed by atoms with van der Waals surface area (Å²) in [5.74, 6) is -0.0666. The Labute approximate surface area is 228 Å². The number of aliphatic hydroxyl groups is 1. The molecule has 0 aliphatic rings. The maximum Gasteiger partial charge on any atom is 0.328 e. The highest BCUT2D eigenvalue weighted by Gasteiger charge is 2.26. The van der Waals surface area contributed by atoms with Crippen LogP contribution in [0.15, 0.2) is 71.2 Å². The van der Waals surface area contributed by atoms with Gasteiger partial charge in [0.05, 0.1) is 40.7 Å². The summed E-state index contributed by atoms with van der Waals surface area (Å²) in [6.07, 6.45) is 0.493. The molecule has 9 nitrogen and oxygen atoms in total. The molecule has 38 heavy (non-hydrogen) atoms. The Morgan fingerprint density at radius 1 is 0.895 bits per heavy atom. The zero-order valence-corrected chi connectivity index (χ0v) is 22.9. The number of ether oxygens (including phenoxy) is 4. The second-order valence-electron chi connectivity index (χ2n) is 7.96. The van der Waals surface area contributed by atoms with Crippen molar-refractivity contribution in [3.8, 4) is 23.0 Å². The molecule has 0 bridgehead atoms. The van der Waals surface area contributed by atoms with Crippen molar-refractivity contribution in [2.75, 3.05) is 33.3 Å². The van der Waals surface area contributed by atoms with Crippen LogP contribution >= 0.6 is 15.9 Å². The monoisotopic (exact) mass is 585 g/mol. The van der Waals surface area contributed by atoms with Gasteiger partial charge in [-0.2, -0.15) is 0 Å². The van der Waals surface area contributed by atoms with Gasteiger partial charge in [-0.3, -0.25) is 4.79 Å². The second-order valence-corrected chi connectivity index (χ2v) is 8.88. The van der Waals surface area contributed by atoms with Gasteiger partial charge >= 0.3 is 5.97 Å². The Kier molecular flexibility index (Phi) is 9.75. The molecule has 0 heterocycles. The molecule has 0 aliphatic heterocycles. The number of carbonyl (C=O) groups is 2. The molecule has 3 rings (SSSR count). The number of anilines is 1. The van der Waals surface area contributed by atoms with Crippen LogP contribution in [0.3, 0.4) is 0 Å². The zero-order chi connectivity index (χ0) is 27.8. The summed E-state index contributed by atoms with van der Waals surface area (Å²) in [4.78, 5) is 25.9. The first kappa shape index (κ1) is 28.5. The van der Waals surface area contributed by atoms with Crippen LogP contribution in [0.25, 0.3) is 0 Å². The molecule has 0 saturated heterocycles. The van der Waals surface area contributed by atoms with E-state index in [0.717, 1.165) is 12.2 Å². The number of aliphatic hydroxyl groups excluding tert-OH is 1. The lowest BCUT2D eigenvalue weighted by molar-refractivity contribution is -0.131. The lowest BCUT2D eigenvalue weighted by Crippen LogP contribution is -2.30. The number of carbonyl (C=O) groups excluding carboxylic acids is 1. The van der Waals surface area contributed by atoms with E-state index in [4.69, 9.17) is 24.1 Å². The molecule has 3 aromatic rings. The molecule has 3 aromatic carbocycles. The lowest BCUT2D eigenvalue weighted by Gasteiger charge is -2.28. The Bertz CT molecular complexity index is 1340. The Morgan fingerprint density at radius 3 is 2.26 bits per heavy atom. The number of nitrogens with zero attached hydrogens (tertiary/aromatic N) is 1. The number of aliphatic carboxylic acids is 1. The summed E-state index contributed by atoms with van der Waals surface area (Å²) in [5, 5.41) is 20.7. The molecule has 0 fully saturated rings. The first-order chi connectivity index (χ1) is 18.2. The number of amides is 1. The summed E-state index contributed by atoms with van der Waals surface area (Å²) >= 11 is 3.45. The smallest absolute Gasteiger partial charge is 0.328 e. The molecule has 10 heteroatoms. The SMILES string of the molecule is COc1ccc(CN(C(=O)/C=C/C(=O)O)c2ccc(Br)cc2C(O)c2cccc(OC)c2OC)c(OC)c1. The fraction of sp³-hybridized carbons (Fsp3) is 0.214. The van der Waals surface area contributed by atoms with Crippen LogP contribution in [0, 0.1) is 0 Å². The van der Waals surface area contributed by atoms with Crippen molar-refractivity contribution in [1.82, 2.24) is 0 Å². The summed E-state index contributed by atoms with van der Waals surface area (Å²) in [5.41, 5.74) is 1.77. The van der Waals surface area contributed by atoms with Crippen molar-refractivity contribution in [3.63, 3.8) is 0 Å². The highest BCUT2D eigenvalue weighted by molar-refractivity contribution is 9.10. The minimum atomic E-state index is -1.27. The van der Waals surface area contributed by atoms with Crippen LogP contribution < -0.4 is 23.8 Å². The molecule has 1 amide bonds. The molecular formula is C28H28BrNO8. The third kappa shape index (κ3) is 6.45. The minimum absolute atomic E-state index is 0.00651. The van der Waals surface area contributed by atoms with Crippen molar-refractivity contribution in [2.45, 2.75) is 12.6 Å². The number of hydrogen-bond acceptors (Lipinski definition) is 7. The van der Waals surface area contributed by atoms with E-state index in [9.17, 15) is 14.7 Å². The summed E-state index contributed by atoms with van der Waals surface area (Å²) < 4.78 is 22.3. The van der Waals surface area contributed by atoms with Crippen LogP contribution in [0.5, 0.6) is 23.0 Å². The largest absolute Gasteiger partial charge is 0.497 e. The average Bonchev–Trinajstić information content (AvgIpc) is 2.93. The van der Waals surface area contributed by atoms with Gasteiger partial charge in [-0.25, -0.2) is 4.79 Å². The topological polar surface area (TPSA) is 115 Å². The van der Waals surface area contributed by atoms with Gasteiger partial charge in [0.2, 0.25) is 0 Å². The molecule has 0 aromatic heterocycles. The first-order valence-electron chi connectivity index (χ1n) is 11.4. The van der Waals surface area contributed by atoms with Crippen molar-refractivity contribution < 1.29 is 38.7 Å². The molecule has 1 unspecified atom stereocenters. The standard InChI is InChI=1S/C28H28BrNO8/c1-35-19-10-8-17(24(15-19)37-3)16-30(25(31)12-13-26(32)33)22-11-9-18(29)14-21(22)27(34)20-6-5-7-23(36-2)28(20)38-4/h5-15,27,34H,16H2,1-4H3,(H,32,33)/b13-12+. The average molecular weight is 586 g/mol. The summed E-state index contributed by atoms with van der Waals surface area (Å²) in [7, 11) is 6.00. The summed E-state index contributed by atoms with van der Waals surface area (Å²) in [6, 6.07) is 15.4. The van der Waals surface area contributed by atoms with E-state index in [-0.39, 0.29) is 6.54 Å². The number of benzene rings is 3. The van der Waals surface area contributed by atoms with Crippen molar-refractivity contribution in [3.05, 3.63) is 87.9 Å². The van der Waals surface area contributed by atoms with E-state index in [0.29, 0.717) is 49.8 Å². The highest BCUT2D eigenvalue weighted by atomic mass is 79.9. The number of hydrogen-bond donors (Lipinski definition) is 2. The van der Waals surface area contributed by atoms with Gasteiger partial charge in [-0.05, 0) is 36.4 Å². The number of para-hydroxylation sites is 1. The Hall–Kier alpha value is -4.02. The first-order valence-corrected chi connectivity index (χ1v) is 12.1. The maximum absolute atomic E-state index is 13.4. The van der Waals surface area contributed by atoms with Gasteiger partial charge in [-0.1, -0.05) is 28.1 Å². The predicted octanol–water partition coefficient (Wildman–Crippen LogP) is 4.74. The number of carboxylic acid groups (broad SMARTS) is 1. The third-order valence-corrected chi connectivity index (χ3v) is 6.25. The molecule has 0 spiro atoms. The van der Waals surface area contributed by atoms with E-state index in [2.05, 4.69) is 15.9 Å². The fourth-order valence-corrected chi connectivity index (χ4v) is 4.33. The molecule has 200 valence electrons. The highest BCUT2D eigenvalue weighted by Crippen LogP contribution is 2.41. The van der Waals surface area contributed by atoms with Crippen LogP contribution in [-0.4, -0.2) is 50.5 Å². The predicted molar refractivity (Wildman–Crippen MR) is 145 cm³/mol. The molecular weight excluding hydrogens is 558 g/mol. The number of methoxy groups -OCH3 is 4. The number of halogens is 1. The minimum Gasteiger partial charge on any atom is -0.497 e. The van der Waals surface area contributed by atoms with Gasteiger partial charge in [0.1, 0.15) is 17.6 Å². The number of carboxylic acids is 1. The quantitative estimate of drug-likeness (QED) is 0.310. The molecule has 2 N–H and O–H groups in total. The summed E-state index contributed by atoms with van der Waals surface area (Å²) in [6.45, 7) is 0.00651. The van der Waals surface area contributed by atoms with Crippen LogP contribution in [-0.2, 0) is 16.1 Å². The van der Waals surface area contributed by atoms with Crippen molar-refractivity contribution in [2.24, 2.45) is 0 Å². The zero-order valence-electron chi connectivity index (χ0n) is 21.3. The van der Waals surface area contributed by atoms with Crippen LogP contribution in [0.1, 0.15) is 22.8 Å². The number of rotatable bonds is 11. The van der Waals surface area contributed by atoms with Gasteiger partial charge in [0, 0.05) is 39.4 Å². The molecule has 0 radical (unpaired) electrons. The Balaban J connectivity index is 2.19. The maximum atomic E-state index is 13.4. The van der Waals surface area contributed by atoms with Gasteiger partial charge in [0.25, 0.3) is 5.91 Å². The van der Waals surface area contributed by atoms with E-state index in [1.807, 2.05) is 0 Å². The molecule has 0 saturated carbocycles. The van der Waals surface area contributed by atoms with Crippen molar-refractivity contribution in [1.29, 1.82) is 0 Å². The second kappa shape index (κ2) is 13.0. The van der Waals surface area contributed by atoms with Gasteiger partial charge in [-0.15, -0.1) is 0 Å². The van der Waals surface area contributed by atoms with Crippen LogP contribution in [0.4, 0.5) is 5.69 Å².